The van der Waals surface area contributed by atoms with Crippen molar-refractivity contribution in [3.63, 3.8) is 0 Å². The highest BCUT2D eigenvalue weighted by atomic mass is 16.2. The zero-order valence-electron chi connectivity index (χ0n) is 17.9. The molecule has 1 fully saturated rings. The molecule has 164 valence electrons. The van der Waals surface area contributed by atoms with E-state index in [1.165, 1.54) is 4.57 Å². The van der Waals surface area contributed by atoms with E-state index in [-0.39, 0.29) is 23.8 Å². The third kappa shape index (κ3) is 3.31. The number of para-hydroxylation sites is 1. The number of pyridine rings is 1. The molecule has 0 amide bonds. The van der Waals surface area contributed by atoms with Crippen LogP contribution < -0.4 is 11.2 Å². The van der Waals surface area contributed by atoms with Gasteiger partial charge in [0, 0.05) is 30.2 Å². The highest BCUT2D eigenvalue weighted by molar-refractivity contribution is 5.82. The minimum atomic E-state index is -0.316. The number of hydrogen-bond acceptors (Lipinski definition) is 4. The van der Waals surface area contributed by atoms with Crippen molar-refractivity contribution in [3.8, 4) is 16.9 Å². The Kier molecular flexibility index (Phi) is 4.57. The van der Waals surface area contributed by atoms with Gasteiger partial charge in [0.1, 0.15) is 5.52 Å². The second kappa shape index (κ2) is 7.74. The van der Waals surface area contributed by atoms with Crippen LogP contribution in [0.15, 0.2) is 82.9 Å². The van der Waals surface area contributed by atoms with E-state index >= 15 is 0 Å². The molecule has 33 heavy (non-hydrogen) atoms. The average Bonchev–Trinajstić information content (AvgIpc) is 3.47. The Hall–Kier alpha value is -4.20. The van der Waals surface area contributed by atoms with Gasteiger partial charge in [-0.25, -0.2) is 9.48 Å². The third-order valence-electron chi connectivity index (χ3n) is 6.40. The molecule has 4 aromatic heterocycles. The number of aromatic nitrogens is 6. The standard InChI is InChI=1S/C25H22N6O2/c32-24-23-22(13-21(28-23)18-14-27-30(16-18)19-5-2-1-3-6-19)31(20-7-4-8-20)25(33)29(24)15-17-9-11-26-12-10-17/h1-3,5-6,9-14,16,20,28H,4,7-8,15H2. The van der Waals surface area contributed by atoms with Crippen molar-refractivity contribution >= 4 is 11.0 Å². The molecule has 8 heteroatoms. The molecule has 5 aromatic rings. The number of fused-ring (bicyclic) bond motifs is 1. The van der Waals surface area contributed by atoms with E-state index in [1.54, 1.807) is 27.8 Å². The smallest absolute Gasteiger partial charge is 0.332 e. The minimum absolute atomic E-state index is 0.111. The van der Waals surface area contributed by atoms with E-state index < -0.39 is 0 Å². The van der Waals surface area contributed by atoms with E-state index in [1.807, 2.05) is 54.7 Å². The highest BCUT2D eigenvalue weighted by Gasteiger charge is 2.26. The van der Waals surface area contributed by atoms with Crippen LogP contribution in [0.25, 0.3) is 28.0 Å². The van der Waals surface area contributed by atoms with Crippen molar-refractivity contribution in [3.05, 3.63) is 99.7 Å². The van der Waals surface area contributed by atoms with E-state index in [4.69, 9.17) is 0 Å². The second-order valence-corrected chi connectivity index (χ2v) is 8.44. The summed E-state index contributed by atoms with van der Waals surface area (Å²) in [6.45, 7) is 0.211. The van der Waals surface area contributed by atoms with Crippen molar-refractivity contribution in [2.45, 2.75) is 31.8 Å². The maximum atomic E-state index is 13.5. The summed E-state index contributed by atoms with van der Waals surface area (Å²) in [6.07, 6.45) is 9.98. The summed E-state index contributed by atoms with van der Waals surface area (Å²) in [5, 5.41) is 4.47. The van der Waals surface area contributed by atoms with Gasteiger partial charge < -0.3 is 4.98 Å². The van der Waals surface area contributed by atoms with Gasteiger partial charge in [0.05, 0.1) is 29.6 Å². The number of nitrogens with zero attached hydrogens (tertiary/aromatic N) is 5. The maximum Gasteiger partial charge on any atom is 0.332 e. The van der Waals surface area contributed by atoms with E-state index in [2.05, 4.69) is 15.1 Å². The van der Waals surface area contributed by atoms with Crippen molar-refractivity contribution < 1.29 is 0 Å². The molecule has 0 saturated heterocycles. The van der Waals surface area contributed by atoms with Crippen LogP contribution in [0.1, 0.15) is 30.9 Å². The Morgan fingerprint density at radius 2 is 1.82 bits per heavy atom. The summed E-state index contributed by atoms with van der Waals surface area (Å²) in [4.78, 5) is 34.2. The van der Waals surface area contributed by atoms with Crippen molar-refractivity contribution in [1.82, 2.24) is 28.9 Å². The first kappa shape index (κ1) is 19.5. The fourth-order valence-corrected chi connectivity index (χ4v) is 4.40. The van der Waals surface area contributed by atoms with Crippen molar-refractivity contribution in [1.29, 1.82) is 0 Å². The summed E-state index contributed by atoms with van der Waals surface area (Å²) in [5.74, 6) is 0. The van der Waals surface area contributed by atoms with E-state index in [0.717, 1.165) is 41.8 Å². The zero-order valence-corrected chi connectivity index (χ0v) is 17.9. The molecule has 0 aliphatic heterocycles. The molecular weight excluding hydrogens is 416 g/mol. The second-order valence-electron chi connectivity index (χ2n) is 8.44. The van der Waals surface area contributed by atoms with Crippen molar-refractivity contribution in [2.24, 2.45) is 0 Å². The fraction of sp³-hybridized carbons (Fsp3) is 0.200. The Morgan fingerprint density at radius 3 is 2.55 bits per heavy atom. The zero-order chi connectivity index (χ0) is 22.4. The van der Waals surface area contributed by atoms with Gasteiger partial charge in [0.25, 0.3) is 5.56 Å². The Labute approximate surface area is 188 Å². The Bertz CT molecular complexity index is 1560. The highest BCUT2D eigenvalue weighted by Crippen LogP contribution is 2.33. The number of H-pyrrole nitrogens is 1. The summed E-state index contributed by atoms with van der Waals surface area (Å²) < 4.78 is 4.91. The van der Waals surface area contributed by atoms with Gasteiger partial charge in [-0.2, -0.15) is 5.10 Å². The average molecular weight is 438 g/mol. The molecule has 0 unspecified atom stereocenters. The summed E-state index contributed by atoms with van der Waals surface area (Å²) in [7, 11) is 0. The lowest BCUT2D eigenvalue weighted by Gasteiger charge is -2.28. The van der Waals surface area contributed by atoms with Gasteiger partial charge in [-0.3, -0.25) is 18.9 Å². The molecule has 1 N–H and O–H groups in total. The predicted molar refractivity (Wildman–Crippen MR) is 126 cm³/mol. The van der Waals surface area contributed by atoms with Crippen LogP contribution >= 0.6 is 0 Å². The molecule has 1 saturated carbocycles. The molecule has 0 radical (unpaired) electrons. The minimum Gasteiger partial charge on any atom is -0.349 e. The molecule has 6 rings (SSSR count). The SMILES string of the molecule is O=c1c2[nH]c(-c3cnn(-c4ccccc4)c3)cc2n(C2CCC2)c(=O)n1Cc1ccncc1. The number of benzene rings is 1. The number of nitrogens with one attached hydrogen (secondary N) is 1. The van der Waals surface area contributed by atoms with E-state index in [0.29, 0.717) is 11.0 Å². The monoisotopic (exact) mass is 438 g/mol. The number of hydrogen-bond donors (Lipinski definition) is 1. The van der Waals surface area contributed by atoms with Gasteiger partial charge in [0.15, 0.2) is 0 Å². The van der Waals surface area contributed by atoms with Crippen LogP contribution in [-0.4, -0.2) is 28.9 Å². The van der Waals surface area contributed by atoms with Crippen LogP contribution in [0.2, 0.25) is 0 Å². The van der Waals surface area contributed by atoms with Crippen LogP contribution in [0.3, 0.4) is 0 Å². The number of rotatable bonds is 5. The number of aromatic amines is 1. The first-order chi connectivity index (χ1) is 16.2. The molecule has 0 spiro atoms. The quantitative estimate of drug-likeness (QED) is 0.455. The maximum absolute atomic E-state index is 13.5. The van der Waals surface area contributed by atoms with Gasteiger partial charge in [0.2, 0.25) is 0 Å². The summed E-state index contributed by atoms with van der Waals surface area (Å²) in [5.41, 5.74) is 3.94. The van der Waals surface area contributed by atoms with Crippen LogP contribution in [0.5, 0.6) is 0 Å². The molecular formula is C25H22N6O2. The topological polar surface area (TPSA) is 90.5 Å². The van der Waals surface area contributed by atoms with Gasteiger partial charge in [-0.05, 0) is 55.2 Å². The predicted octanol–water partition coefficient (Wildman–Crippen LogP) is 3.51. The van der Waals surface area contributed by atoms with Crippen molar-refractivity contribution in [2.75, 3.05) is 0 Å². The molecule has 1 aliphatic rings. The van der Waals surface area contributed by atoms with Crippen LogP contribution in [0.4, 0.5) is 0 Å². The Balaban J connectivity index is 1.50. The lowest BCUT2D eigenvalue weighted by Crippen LogP contribution is -2.42. The van der Waals surface area contributed by atoms with Gasteiger partial charge in [-0.1, -0.05) is 18.2 Å². The first-order valence-electron chi connectivity index (χ1n) is 11.1. The summed E-state index contributed by atoms with van der Waals surface area (Å²) in [6, 6.07) is 15.5. The molecule has 0 atom stereocenters. The lowest BCUT2D eigenvalue weighted by molar-refractivity contribution is 0.306. The molecule has 1 aromatic carbocycles. The normalized spacial score (nSPS) is 13.9. The largest absolute Gasteiger partial charge is 0.349 e. The van der Waals surface area contributed by atoms with Gasteiger partial charge in [-0.15, -0.1) is 0 Å². The molecule has 4 heterocycles. The lowest BCUT2D eigenvalue weighted by atomic mass is 9.92. The molecule has 0 bridgehead atoms. The first-order valence-corrected chi connectivity index (χ1v) is 11.1. The van der Waals surface area contributed by atoms with Gasteiger partial charge >= 0.3 is 5.69 Å². The molecule has 1 aliphatic carbocycles. The van der Waals surface area contributed by atoms with Crippen LogP contribution in [-0.2, 0) is 6.54 Å². The third-order valence-corrected chi connectivity index (χ3v) is 6.40. The molecule has 8 nitrogen and oxygen atoms in total. The van der Waals surface area contributed by atoms with E-state index in [9.17, 15) is 9.59 Å². The Morgan fingerprint density at radius 1 is 1.03 bits per heavy atom. The van der Waals surface area contributed by atoms with Crippen LogP contribution in [0, 0.1) is 0 Å². The fourth-order valence-electron chi connectivity index (χ4n) is 4.40. The summed E-state index contributed by atoms with van der Waals surface area (Å²) >= 11 is 0.